The van der Waals surface area contributed by atoms with Gasteiger partial charge in [-0.05, 0) is 10.6 Å². The van der Waals surface area contributed by atoms with E-state index in [1.807, 2.05) is 0 Å². The smallest absolute Gasteiger partial charge is 0.132 e. The van der Waals surface area contributed by atoms with E-state index in [1.165, 1.54) is 0 Å². The van der Waals surface area contributed by atoms with Crippen LogP contribution in [0.15, 0.2) is 0 Å². The highest BCUT2D eigenvalue weighted by Gasteiger charge is 2.26. The minimum Gasteiger partial charge on any atom is -0.132 e. The largest absolute Gasteiger partial charge is 0.305 e. The Kier molecular flexibility index (Phi) is 3.29. The predicted molar refractivity (Wildman–Crippen MR) is 56.5 cm³/mol. The first-order valence-electron chi connectivity index (χ1n) is 4.04. The van der Waals surface area contributed by atoms with Crippen LogP contribution in [-0.2, 0) is 10.3 Å². The minimum absolute atomic E-state index is 0.0848. The van der Waals surface area contributed by atoms with Gasteiger partial charge in [-0.2, -0.15) is 0 Å². The van der Waals surface area contributed by atoms with Gasteiger partial charge in [-0.3, -0.25) is 0 Å². The molecule has 0 N–H and O–H groups in total. The monoisotopic (exact) mass is 256 g/mol. The van der Waals surface area contributed by atoms with Crippen LogP contribution in [-0.4, -0.2) is 20.2 Å². The van der Waals surface area contributed by atoms with Gasteiger partial charge in [0.15, 0.2) is 5.82 Å². The first kappa shape index (κ1) is 12.0. The van der Waals surface area contributed by atoms with E-state index in [2.05, 4.69) is 36.2 Å². The molecule has 0 fully saturated rings. The Morgan fingerprint density at radius 3 is 2.14 bits per heavy atom. The van der Waals surface area contributed by atoms with Crippen LogP contribution in [0.1, 0.15) is 26.6 Å². The van der Waals surface area contributed by atoms with Gasteiger partial charge in [0.1, 0.15) is 0 Å². The quantitative estimate of drug-likeness (QED) is 0.726. The van der Waals surface area contributed by atoms with Gasteiger partial charge in [-0.1, -0.05) is 55.6 Å². The maximum absolute atomic E-state index is 5.57. The highest BCUT2D eigenvalue weighted by atomic mass is 35.6. The molecule has 1 heterocycles. The summed E-state index contributed by atoms with van der Waals surface area (Å²) in [6.07, 6.45) is 0.688. The lowest BCUT2D eigenvalue weighted by atomic mass is 9.92. The van der Waals surface area contributed by atoms with E-state index >= 15 is 0 Å². The number of hydrogen-bond acceptors (Lipinski definition) is 3. The van der Waals surface area contributed by atoms with Crippen molar-refractivity contribution < 1.29 is 0 Å². The molecule has 1 rings (SSSR count). The summed E-state index contributed by atoms with van der Waals surface area (Å²) < 4.78 is -1.66. The number of hydrogen-bond donors (Lipinski definition) is 0. The Balaban J connectivity index is 2.79. The topological polar surface area (TPSA) is 43.6 Å². The summed E-state index contributed by atoms with van der Waals surface area (Å²) in [6.45, 7) is 6.22. The molecule has 4 nitrogen and oxygen atoms in total. The van der Waals surface area contributed by atoms with Crippen molar-refractivity contribution in [2.24, 2.45) is 5.41 Å². The highest BCUT2D eigenvalue weighted by Crippen LogP contribution is 2.30. The maximum atomic E-state index is 5.57. The fourth-order valence-electron chi connectivity index (χ4n) is 0.896. The molecule has 0 atom stereocenters. The van der Waals surface area contributed by atoms with Crippen molar-refractivity contribution in [2.45, 2.75) is 31.1 Å². The summed E-state index contributed by atoms with van der Waals surface area (Å²) in [7, 11) is 0. The predicted octanol–water partition coefficient (Wildman–Crippen LogP) is 2.55. The first-order valence-corrected chi connectivity index (χ1v) is 5.18. The van der Waals surface area contributed by atoms with E-state index in [0.29, 0.717) is 12.2 Å². The average Bonchev–Trinajstić information content (AvgIpc) is 2.29. The molecular weight excluding hydrogens is 246 g/mol. The van der Waals surface area contributed by atoms with Gasteiger partial charge >= 0.3 is 3.92 Å². The second-order valence-electron chi connectivity index (χ2n) is 4.20. The van der Waals surface area contributed by atoms with E-state index in [9.17, 15) is 0 Å². The molecule has 0 aromatic carbocycles. The molecule has 0 amide bonds. The molecule has 0 aliphatic carbocycles. The second-order valence-corrected chi connectivity index (χ2v) is 6.42. The average molecular weight is 258 g/mol. The highest BCUT2D eigenvalue weighted by molar-refractivity contribution is 6.64. The molecule has 0 spiro atoms. The molecule has 0 bridgehead atoms. The van der Waals surface area contributed by atoms with E-state index in [4.69, 9.17) is 34.8 Å². The lowest BCUT2D eigenvalue weighted by Crippen LogP contribution is -2.17. The van der Waals surface area contributed by atoms with E-state index in [1.54, 1.807) is 0 Å². The number of nitrogens with zero attached hydrogens (tertiary/aromatic N) is 4. The third-order valence-corrected chi connectivity index (χ3v) is 1.82. The third kappa shape index (κ3) is 3.59. The summed E-state index contributed by atoms with van der Waals surface area (Å²) in [5, 5.41) is 11.4. The van der Waals surface area contributed by atoms with Gasteiger partial charge in [0.25, 0.3) is 0 Å². The molecule has 0 radical (unpaired) electrons. The van der Waals surface area contributed by atoms with Crippen LogP contribution >= 0.6 is 34.8 Å². The van der Waals surface area contributed by atoms with Crippen LogP contribution in [0, 0.1) is 5.41 Å². The zero-order valence-corrected chi connectivity index (χ0v) is 10.4. The SMILES string of the molecule is CC(C)(C)Cc1nnn(C(Cl)(Cl)Cl)n1. The lowest BCUT2D eigenvalue weighted by Gasteiger charge is -2.14. The zero-order valence-electron chi connectivity index (χ0n) is 8.13. The third-order valence-electron chi connectivity index (χ3n) is 1.37. The van der Waals surface area contributed by atoms with Gasteiger partial charge in [0.2, 0.25) is 0 Å². The van der Waals surface area contributed by atoms with Crippen LogP contribution < -0.4 is 0 Å². The number of halogens is 3. The normalized spacial score (nSPS) is 13.3. The minimum atomic E-state index is -1.66. The second kappa shape index (κ2) is 3.83. The van der Waals surface area contributed by atoms with Crippen LogP contribution in [0.4, 0.5) is 0 Å². The number of rotatable bonds is 1. The summed E-state index contributed by atoms with van der Waals surface area (Å²) in [4.78, 5) is 0.971. The Morgan fingerprint density at radius 1 is 1.21 bits per heavy atom. The Labute approximate surface area is 97.5 Å². The van der Waals surface area contributed by atoms with E-state index < -0.39 is 3.92 Å². The fraction of sp³-hybridized carbons (Fsp3) is 0.857. The van der Waals surface area contributed by atoms with Crippen LogP contribution in [0.3, 0.4) is 0 Å². The van der Waals surface area contributed by atoms with Crippen molar-refractivity contribution >= 4 is 34.8 Å². The Hall–Kier alpha value is -0.0600. The molecule has 1 aromatic heterocycles. The summed E-state index contributed by atoms with van der Waals surface area (Å²) >= 11 is 16.7. The standard InChI is InChI=1S/C7H11Cl3N4/c1-6(2,3)4-5-11-13-14(12-5)7(8,9)10/h4H2,1-3H3. The molecule has 80 valence electrons. The number of aromatic nitrogens is 4. The van der Waals surface area contributed by atoms with Crippen LogP contribution in [0.2, 0.25) is 0 Å². The van der Waals surface area contributed by atoms with Crippen LogP contribution in [0.5, 0.6) is 0 Å². The molecule has 7 heteroatoms. The first-order chi connectivity index (χ1) is 6.18. The van der Waals surface area contributed by atoms with Crippen molar-refractivity contribution in [1.29, 1.82) is 0 Å². The maximum Gasteiger partial charge on any atom is 0.305 e. The lowest BCUT2D eigenvalue weighted by molar-refractivity contribution is 0.399. The molecule has 1 aromatic rings. The number of tetrazole rings is 1. The molecule has 0 saturated carbocycles. The summed E-state index contributed by atoms with van der Waals surface area (Å²) in [5.41, 5.74) is 0.0848. The zero-order chi connectivity index (χ0) is 11.0. The van der Waals surface area contributed by atoms with Crippen molar-refractivity contribution in [2.75, 3.05) is 0 Å². The van der Waals surface area contributed by atoms with Crippen molar-refractivity contribution in [1.82, 2.24) is 20.2 Å². The van der Waals surface area contributed by atoms with Crippen molar-refractivity contribution in [3.05, 3.63) is 5.82 Å². The van der Waals surface area contributed by atoms with Crippen LogP contribution in [0.25, 0.3) is 0 Å². The van der Waals surface area contributed by atoms with Crippen molar-refractivity contribution in [3.8, 4) is 0 Å². The molecule has 14 heavy (non-hydrogen) atoms. The molecule has 0 unspecified atom stereocenters. The molecule has 0 aliphatic rings. The molecule has 0 saturated heterocycles. The van der Waals surface area contributed by atoms with Gasteiger partial charge < -0.3 is 0 Å². The van der Waals surface area contributed by atoms with E-state index in [-0.39, 0.29) is 5.41 Å². The van der Waals surface area contributed by atoms with E-state index in [0.717, 1.165) is 4.80 Å². The summed E-state index contributed by atoms with van der Waals surface area (Å²) in [5.74, 6) is 0.573. The fourth-order valence-corrected chi connectivity index (χ4v) is 1.11. The van der Waals surface area contributed by atoms with Gasteiger partial charge in [0.05, 0.1) is 0 Å². The molecular formula is C7H11Cl3N4. The Morgan fingerprint density at radius 2 is 1.79 bits per heavy atom. The van der Waals surface area contributed by atoms with Gasteiger partial charge in [0, 0.05) is 6.42 Å². The van der Waals surface area contributed by atoms with Gasteiger partial charge in [-0.25, -0.2) is 0 Å². The summed E-state index contributed by atoms with van der Waals surface area (Å²) in [6, 6.07) is 0. The Bertz CT molecular complexity index is 309. The number of alkyl halides is 3. The van der Waals surface area contributed by atoms with Gasteiger partial charge in [-0.15, -0.1) is 15.0 Å². The molecule has 0 aliphatic heterocycles. The van der Waals surface area contributed by atoms with Crippen molar-refractivity contribution in [3.63, 3.8) is 0 Å².